The van der Waals surface area contributed by atoms with Gasteiger partial charge in [-0.25, -0.2) is 4.98 Å². The van der Waals surface area contributed by atoms with Crippen LogP contribution in [0.3, 0.4) is 0 Å². The number of aryl methyl sites for hydroxylation is 1. The predicted molar refractivity (Wildman–Crippen MR) is 76.5 cm³/mol. The van der Waals surface area contributed by atoms with Gasteiger partial charge in [0.15, 0.2) is 5.82 Å². The molecule has 3 rings (SSSR count). The molecule has 0 spiro atoms. The number of carbonyl (C=O) groups is 1. The number of benzene rings is 1. The van der Waals surface area contributed by atoms with Crippen LogP contribution in [0.25, 0.3) is 11.4 Å². The van der Waals surface area contributed by atoms with Gasteiger partial charge in [0, 0.05) is 18.0 Å². The fourth-order valence-corrected chi connectivity index (χ4v) is 2.36. The standard InChI is InChI=1S/C13H11N5OS/c1-18-7-15-17-12(18)9-4-2-3-5-10(9)16-13(19)11-6-20-8-14-11/h2-8H,1H3,(H,16,19). The second-order valence-corrected chi connectivity index (χ2v) is 4.86. The second kappa shape index (κ2) is 5.22. The van der Waals surface area contributed by atoms with E-state index in [1.165, 1.54) is 11.3 Å². The third-order valence-electron chi connectivity index (χ3n) is 2.79. The van der Waals surface area contributed by atoms with Crippen LogP contribution in [0.5, 0.6) is 0 Å². The van der Waals surface area contributed by atoms with E-state index < -0.39 is 0 Å². The molecule has 0 bridgehead atoms. The second-order valence-electron chi connectivity index (χ2n) is 4.14. The van der Waals surface area contributed by atoms with Gasteiger partial charge in [-0.3, -0.25) is 4.79 Å². The van der Waals surface area contributed by atoms with Gasteiger partial charge in [0.1, 0.15) is 12.0 Å². The molecule has 0 unspecified atom stereocenters. The molecule has 0 aliphatic carbocycles. The van der Waals surface area contributed by atoms with Crippen molar-refractivity contribution in [3.8, 4) is 11.4 Å². The first kappa shape index (κ1) is 12.5. The summed E-state index contributed by atoms with van der Waals surface area (Å²) in [6, 6.07) is 7.47. The molecule has 0 saturated carbocycles. The zero-order valence-corrected chi connectivity index (χ0v) is 11.5. The summed E-state index contributed by atoms with van der Waals surface area (Å²) in [4.78, 5) is 16.1. The van der Waals surface area contributed by atoms with Crippen LogP contribution in [0.1, 0.15) is 10.5 Å². The van der Waals surface area contributed by atoms with E-state index in [1.807, 2.05) is 31.3 Å². The van der Waals surface area contributed by atoms with Crippen LogP contribution in [-0.4, -0.2) is 25.7 Å². The SMILES string of the molecule is Cn1cnnc1-c1ccccc1NC(=O)c1cscn1. The minimum absolute atomic E-state index is 0.235. The van der Waals surface area contributed by atoms with E-state index in [9.17, 15) is 4.79 Å². The van der Waals surface area contributed by atoms with Crippen molar-refractivity contribution in [3.63, 3.8) is 0 Å². The normalized spacial score (nSPS) is 10.4. The van der Waals surface area contributed by atoms with E-state index >= 15 is 0 Å². The number of hydrogen-bond acceptors (Lipinski definition) is 5. The Kier molecular flexibility index (Phi) is 3.26. The van der Waals surface area contributed by atoms with Crippen molar-refractivity contribution in [1.29, 1.82) is 0 Å². The lowest BCUT2D eigenvalue weighted by Gasteiger charge is -2.09. The molecular weight excluding hydrogens is 274 g/mol. The molecule has 1 amide bonds. The van der Waals surface area contributed by atoms with Crippen molar-refractivity contribution in [3.05, 3.63) is 47.2 Å². The van der Waals surface area contributed by atoms with Crippen LogP contribution in [0.2, 0.25) is 0 Å². The fourth-order valence-electron chi connectivity index (χ4n) is 1.83. The Balaban J connectivity index is 1.95. The molecule has 1 aromatic carbocycles. The number of carbonyl (C=O) groups excluding carboxylic acids is 1. The molecule has 2 aromatic heterocycles. The molecule has 100 valence electrons. The maximum Gasteiger partial charge on any atom is 0.275 e. The molecule has 0 fully saturated rings. The van der Waals surface area contributed by atoms with E-state index in [-0.39, 0.29) is 5.91 Å². The fraction of sp³-hybridized carbons (Fsp3) is 0.0769. The largest absolute Gasteiger partial charge is 0.320 e. The molecule has 6 nitrogen and oxygen atoms in total. The maximum absolute atomic E-state index is 12.1. The maximum atomic E-state index is 12.1. The van der Waals surface area contributed by atoms with Gasteiger partial charge in [-0.15, -0.1) is 21.5 Å². The van der Waals surface area contributed by atoms with Crippen molar-refractivity contribution < 1.29 is 4.79 Å². The Bertz CT molecular complexity index is 735. The molecule has 0 atom stereocenters. The van der Waals surface area contributed by atoms with Crippen LogP contribution >= 0.6 is 11.3 Å². The Morgan fingerprint density at radius 1 is 1.35 bits per heavy atom. The first-order chi connectivity index (χ1) is 9.75. The number of thiazole rings is 1. The third-order valence-corrected chi connectivity index (χ3v) is 3.38. The summed E-state index contributed by atoms with van der Waals surface area (Å²) in [7, 11) is 1.86. The van der Waals surface area contributed by atoms with E-state index in [0.29, 0.717) is 17.2 Å². The summed E-state index contributed by atoms with van der Waals surface area (Å²) in [5.74, 6) is 0.458. The van der Waals surface area contributed by atoms with Crippen LogP contribution in [0.15, 0.2) is 41.5 Å². The average molecular weight is 285 g/mol. The van der Waals surface area contributed by atoms with Gasteiger partial charge in [-0.2, -0.15) is 0 Å². The summed E-state index contributed by atoms with van der Waals surface area (Å²) in [6.45, 7) is 0. The molecule has 0 aliphatic heterocycles. The highest BCUT2D eigenvalue weighted by Gasteiger charge is 2.13. The molecule has 3 aromatic rings. The highest BCUT2D eigenvalue weighted by molar-refractivity contribution is 7.07. The van der Waals surface area contributed by atoms with Crippen molar-refractivity contribution in [2.45, 2.75) is 0 Å². The van der Waals surface area contributed by atoms with E-state index in [0.717, 1.165) is 5.56 Å². The number of aromatic nitrogens is 4. The van der Waals surface area contributed by atoms with E-state index in [2.05, 4.69) is 20.5 Å². The zero-order chi connectivity index (χ0) is 13.9. The molecule has 2 heterocycles. The predicted octanol–water partition coefficient (Wildman–Crippen LogP) is 2.19. The highest BCUT2D eigenvalue weighted by Crippen LogP contribution is 2.25. The Morgan fingerprint density at radius 3 is 2.90 bits per heavy atom. The average Bonchev–Trinajstić information content (AvgIpc) is 3.10. The number of nitrogens with zero attached hydrogens (tertiary/aromatic N) is 4. The number of anilines is 1. The highest BCUT2D eigenvalue weighted by atomic mass is 32.1. The van der Waals surface area contributed by atoms with Gasteiger partial charge in [-0.05, 0) is 12.1 Å². The van der Waals surface area contributed by atoms with Crippen LogP contribution in [0, 0.1) is 0 Å². The monoisotopic (exact) mass is 285 g/mol. The van der Waals surface area contributed by atoms with Gasteiger partial charge in [0.2, 0.25) is 0 Å². The minimum atomic E-state index is -0.235. The van der Waals surface area contributed by atoms with Crippen molar-refractivity contribution in [2.24, 2.45) is 7.05 Å². The lowest BCUT2D eigenvalue weighted by molar-refractivity contribution is 0.102. The smallest absolute Gasteiger partial charge is 0.275 e. The molecule has 7 heteroatoms. The van der Waals surface area contributed by atoms with Gasteiger partial charge < -0.3 is 9.88 Å². The van der Waals surface area contributed by atoms with Crippen LogP contribution in [0.4, 0.5) is 5.69 Å². The van der Waals surface area contributed by atoms with Crippen LogP contribution in [-0.2, 0) is 7.05 Å². The van der Waals surface area contributed by atoms with Crippen molar-refractivity contribution >= 4 is 22.9 Å². The molecular formula is C13H11N5OS. The van der Waals surface area contributed by atoms with Gasteiger partial charge >= 0.3 is 0 Å². The van der Waals surface area contributed by atoms with Gasteiger partial charge in [-0.1, -0.05) is 12.1 Å². The summed E-state index contributed by atoms with van der Waals surface area (Å²) in [5.41, 5.74) is 3.53. The number of nitrogens with one attached hydrogen (secondary N) is 1. The summed E-state index contributed by atoms with van der Waals surface area (Å²) < 4.78 is 1.80. The number of para-hydroxylation sites is 1. The molecule has 0 aliphatic rings. The van der Waals surface area contributed by atoms with E-state index in [4.69, 9.17) is 0 Å². The third kappa shape index (κ3) is 2.30. The summed E-state index contributed by atoms with van der Waals surface area (Å²) >= 11 is 1.38. The first-order valence-electron chi connectivity index (χ1n) is 5.88. The molecule has 0 saturated heterocycles. The lowest BCUT2D eigenvalue weighted by Crippen LogP contribution is -2.13. The Morgan fingerprint density at radius 2 is 2.20 bits per heavy atom. The molecule has 0 radical (unpaired) electrons. The van der Waals surface area contributed by atoms with Gasteiger partial charge in [0.05, 0.1) is 11.2 Å². The topological polar surface area (TPSA) is 72.7 Å². The summed E-state index contributed by atoms with van der Waals surface area (Å²) in [6.07, 6.45) is 1.62. The quantitative estimate of drug-likeness (QED) is 0.800. The number of hydrogen-bond donors (Lipinski definition) is 1. The first-order valence-corrected chi connectivity index (χ1v) is 6.83. The van der Waals surface area contributed by atoms with Gasteiger partial charge in [0.25, 0.3) is 5.91 Å². The van der Waals surface area contributed by atoms with Crippen molar-refractivity contribution in [1.82, 2.24) is 19.7 Å². The van der Waals surface area contributed by atoms with Crippen molar-refractivity contribution in [2.75, 3.05) is 5.32 Å². The Labute approximate surface area is 119 Å². The number of amides is 1. The zero-order valence-electron chi connectivity index (χ0n) is 10.6. The van der Waals surface area contributed by atoms with E-state index in [1.54, 1.807) is 21.8 Å². The Hall–Kier alpha value is -2.54. The summed E-state index contributed by atoms with van der Waals surface area (Å²) in [5, 5.41) is 12.5. The van der Waals surface area contributed by atoms with Crippen LogP contribution < -0.4 is 5.32 Å². The minimum Gasteiger partial charge on any atom is -0.320 e. The molecule has 20 heavy (non-hydrogen) atoms. The lowest BCUT2D eigenvalue weighted by atomic mass is 10.1. The number of rotatable bonds is 3. The molecule has 1 N–H and O–H groups in total.